The van der Waals surface area contributed by atoms with Gasteiger partial charge in [0.15, 0.2) is 0 Å². The van der Waals surface area contributed by atoms with Gasteiger partial charge in [0, 0.05) is 36.1 Å². The SMILES string of the molecule is Cc1c(-c2ccccc2)sc(NC(=O)CSCc2cccnc2)c1C(=O)N1CCCCC1. The third kappa shape index (κ3) is 5.40. The Bertz CT molecular complexity index is 1060. The molecule has 0 spiro atoms. The minimum absolute atomic E-state index is 0.0268. The lowest BCUT2D eigenvalue weighted by molar-refractivity contribution is -0.113. The van der Waals surface area contributed by atoms with Gasteiger partial charge in [0.05, 0.1) is 11.3 Å². The van der Waals surface area contributed by atoms with E-state index in [0.717, 1.165) is 53.3 Å². The van der Waals surface area contributed by atoms with Gasteiger partial charge in [0.2, 0.25) is 5.91 Å². The zero-order valence-corrected chi connectivity index (χ0v) is 19.8. The van der Waals surface area contributed by atoms with Crippen LogP contribution in [0.3, 0.4) is 0 Å². The van der Waals surface area contributed by atoms with Gasteiger partial charge in [-0.2, -0.15) is 0 Å². The topological polar surface area (TPSA) is 62.3 Å². The molecule has 166 valence electrons. The lowest BCUT2D eigenvalue weighted by Crippen LogP contribution is -2.36. The zero-order valence-electron chi connectivity index (χ0n) is 18.2. The smallest absolute Gasteiger partial charge is 0.257 e. The first-order valence-corrected chi connectivity index (χ1v) is 12.8. The van der Waals surface area contributed by atoms with E-state index < -0.39 is 0 Å². The number of hydrogen-bond donors (Lipinski definition) is 1. The van der Waals surface area contributed by atoms with Crippen LogP contribution in [-0.2, 0) is 10.5 Å². The summed E-state index contributed by atoms with van der Waals surface area (Å²) in [5.41, 5.74) is 3.73. The van der Waals surface area contributed by atoms with Crippen molar-refractivity contribution < 1.29 is 9.59 Å². The molecule has 7 heteroatoms. The Kier molecular flexibility index (Phi) is 7.60. The average Bonchev–Trinajstić information content (AvgIpc) is 3.16. The highest BCUT2D eigenvalue weighted by Gasteiger charge is 2.27. The summed E-state index contributed by atoms with van der Waals surface area (Å²) >= 11 is 3.03. The van der Waals surface area contributed by atoms with Crippen LogP contribution < -0.4 is 5.32 Å². The maximum atomic E-state index is 13.4. The van der Waals surface area contributed by atoms with E-state index in [9.17, 15) is 9.59 Å². The molecule has 2 amide bonds. The van der Waals surface area contributed by atoms with E-state index in [1.54, 1.807) is 18.0 Å². The lowest BCUT2D eigenvalue weighted by atomic mass is 10.0. The number of amides is 2. The molecule has 0 radical (unpaired) electrons. The molecule has 1 aliphatic heterocycles. The van der Waals surface area contributed by atoms with Crippen LogP contribution in [0.1, 0.15) is 40.7 Å². The molecular formula is C25H27N3O2S2. The van der Waals surface area contributed by atoms with Crippen molar-refractivity contribution in [3.8, 4) is 10.4 Å². The van der Waals surface area contributed by atoms with Crippen molar-refractivity contribution in [1.29, 1.82) is 0 Å². The Labute approximate surface area is 197 Å². The van der Waals surface area contributed by atoms with Crippen LogP contribution in [0.5, 0.6) is 0 Å². The summed E-state index contributed by atoms with van der Waals surface area (Å²) in [6.07, 6.45) is 6.79. The number of carbonyl (C=O) groups is 2. The number of nitrogens with zero attached hydrogens (tertiary/aromatic N) is 2. The Morgan fingerprint density at radius 1 is 1.09 bits per heavy atom. The number of pyridine rings is 1. The van der Waals surface area contributed by atoms with Crippen LogP contribution in [0.2, 0.25) is 0 Å². The minimum Gasteiger partial charge on any atom is -0.339 e. The van der Waals surface area contributed by atoms with Crippen molar-refractivity contribution in [3.63, 3.8) is 0 Å². The monoisotopic (exact) mass is 465 g/mol. The molecule has 2 aromatic heterocycles. The average molecular weight is 466 g/mol. The van der Waals surface area contributed by atoms with Crippen molar-refractivity contribution >= 4 is 39.9 Å². The second kappa shape index (κ2) is 10.8. The Hall–Kier alpha value is -2.64. The van der Waals surface area contributed by atoms with Crippen molar-refractivity contribution in [1.82, 2.24) is 9.88 Å². The van der Waals surface area contributed by atoms with Crippen molar-refractivity contribution in [2.24, 2.45) is 0 Å². The molecule has 0 saturated carbocycles. The van der Waals surface area contributed by atoms with Gasteiger partial charge < -0.3 is 10.2 Å². The van der Waals surface area contributed by atoms with Gasteiger partial charge >= 0.3 is 0 Å². The number of nitrogens with one attached hydrogen (secondary N) is 1. The first kappa shape index (κ1) is 22.6. The van der Waals surface area contributed by atoms with Crippen LogP contribution in [0.15, 0.2) is 54.9 Å². The number of thioether (sulfide) groups is 1. The quantitative estimate of drug-likeness (QED) is 0.492. The Balaban J connectivity index is 1.53. The first-order chi connectivity index (χ1) is 15.6. The zero-order chi connectivity index (χ0) is 22.3. The first-order valence-electron chi connectivity index (χ1n) is 10.9. The number of thiophene rings is 1. The number of aromatic nitrogens is 1. The van der Waals surface area contributed by atoms with E-state index >= 15 is 0 Å². The summed E-state index contributed by atoms with van der Waals surface area (Å²) in [4.78, 5) is 33.3. The molecule has 0 unspecified atom stereocenters. The highest BCUT2D eigenvalue weighted by atomic mass is 32.2. The normalized spacial score (nSPS) is 13.7. The number of benzene rings is 1. The third-order valence-electron chi connectivity index (χ3n) is 5.52. The molecule has 1 fully saturated rings. The fraction of sp³-hybridized carbons (Fsp3) is 0.320. The summed E-state index contributed by atoms with van der Waals surface area (Å²) < 4.78 is 0. The molecule has 5 nitrogen and oxygen atoms in total. The summed E-state index contributed by atoms with van der Waals surface area (Å²) in [6, 6.07) is 14.0. The highest BCUT2D eigenvalue weighted by molar-refractivity contribution is 7.99. The van der Waals surface area contributed by atoms with Crippen LogP contribution in [-0.4, -0.2) is 40.5 Å². The molecule has 1 saturated heterocycles. The van der Waals surface area contributed by atoms with Gasteiger partial charge in [-0.15, -0.1) is 23.1 Å². The Morgan fingerprint density at radius 2 is 1.88 bits per heavy atom. The number of rotatable bonds is 7. The van der Waals surface area contributed by atoms with E-state index in [2.05, 4.69) is 10.3 Å². The summed E-state index contributed by atoms with van der Waals surface area (Å²) in [5.74, 6) is 0.982. The predicted molar refractivity (Wildman–Crippen MR) is 133 cm³/mol. The number of anilines is 1. The van der Waals surface area contributed by atoms with Crippen molar-refractivity contribution in [2.75, 3.05) is 24.2 Å². The highest BCUT2D eigenvalue weighted by Crippen LogP contribution is 2.40. The van der Waals surface area contributed by atoms with Gasteiger partial charge in [-0.3, -0.25) is 14.6 Å². The lowest BCUT2D eigenvalue weighted by Gasteiger charge is -2.27. The molecule has 3 aromatic rings. The van der Waals surface area contributed by atoms with Crippen molar-refractivity contribution in [2.45, 2.75) is 31.9 Å². The van der Waals surface area contributed by atoms with Gasteiger partial charge in [0.1, 0.15) is 5.00 Å². The third-order valence-corrected chi connectivity index (χ3v) is 7.78. The van der Waals surface area contributed by atoms with Crippen molar-refractivity contribution in [3.05, 3.63) is 71.5 Å². The maximum Gasteiger partial charge on any atom is 0.257 e. The molecular weight excluding hydrogens is 438 g/mol. The van der Waals surface area contributed by atoms with Crippen LogP contribution in [0, 0.1) is 6.92 Å². The Morgan fingerprint density at radius 3 is 2.59 bits per heavy atom. The largest absolute Gasteiger partial charge is 0.339 e. The second-order valence-corrected chi connectivity index (χ2v) is 9.89. The molecule has 1 N–H and O–H groups in total. The van der Waals surface area contributed by atoms with Crippen LogP contribution in [0.25, 0.3) is 10.4 Å². The minimum atomic E-state index is -0.0903. The molecule has 3 heterocycles. The maximum absolute atomic E-state index is 13.4. The van der Waals surface area contributed by atoms with Gasteiger partial charge in [-0.1, -0.05) is 36.4 Å². The number of carbonyl (C=O) groups excluding carboxylic acids is 2. The van der Waals surface area contributed by atoms with Crippen LogP contribution >= 0.6 is 23.1 Å². The number of likely N-dealkylation sites (tertiary alicyclic amines) is 1. The van der Waals surface area contributed by atoms with Crippen LogP contribution in [0.4, 0.5) is 5.00 Å². The number of piperidine rings is 1. The van der Waals surface area contributed by atoms with Gasteiger partial charge in [-0.05, 0) is 48.9 Å². The van der Waals surface area contributed by atoms with E-state index in [1.165, 1.54) is 17.8 Å². The molecule has 1 aromatic carbocycles. The van der Waals surface area contributed by atoms with E-state index in [4.69, 9.17) is 0 Å². The molecule has 0 aliphatic carbocycles. The fourth-order valence-electron chi connectivity index (χ4n) is 3.89. The fourth-order valence-corrected chi connectivity index (χ4v) is 5.87. The van der Waals surface area contributed by atoms with E-state index in [0.29, 0.717) is 16.3 Å². The van der Waals surface area contributed by atoms with E-state index in [1.807, 2.05) is 60.5 Å². The van der Waals surface area contributed by atoms with Gasteiger partial charge in [-0.25, -0.2) is 0 Å². The molecule has 0 atom stereocenters. The number of hydrogen-bond acceptors (Lipinski definition) is 5. The second-order valence-electron chi connectivity index (χ2n) is 7.88. The molecule has 1 aliphatic rings. The molecule has 4 rings (SSSR count). The summed E-state index contributed by atoms with van der Waals surface area (Å²) in [6.45, 7) is 3.55. The summed E-state index contributed by atoms with van der Waals surface area (Å²) in [7, 11) is 0. The molecule has 0 bridgehead atoms. The summed E-state index contributed by atoms with van der Waals surface area (Å²) in [5, 5.41) is 3.70. The van der Waals surface area contributed by atoms with Gasteiger partial charge in [0.25, 0.3) is 5.91 Å². The van der Waals surface area contributed by atoms with E-state index in [-0.39, 0.29) is 11.8 Å². The standard InChI is InChI=1S/C25H27N3O2S2/c1-18-22(25(30)28-13-6-3-7-14-28)24(32-23(18)20-10-4-2-5-11-20)27-21(29)17-31-16-19-9-8-12-26-15-19/h2,4-5,8-12,15H,3,6-7,13-14,16-17H2,1H3,(H,27,29). The molecule has 32 heavy (non-hydrogen) atoms. The predicted octanol–water partition coefficient (Wildman–Crippen LogP) is 5.62.